The Labute approximate surface area is 133 Å². The van der Waals surface area contributed by atoms with Crippen molar-refractivity contribution in [2.45, 2.75) is 48.7 Å². The summed E-state index contributed by atoms with van der Waals surface area (Å²) in [6, 6.07) is 5.75. The van der Waals surface area contributed by atoms with Crippen molar-refractivity contribution in [3.63, 3.8) is 0 Å². The summed E-state index contributed by atoms with van der Waals surface area (Å²) in [5.74, 6) is 0.517. The molecule has 0 saturated carbocycles. The Balaban J connectivity index is 1.77. The topological polar surface area (TPSA) is 67.4 Å². The van der Waals surface area contributed by atoms with E-state index in [4.69, 9.17) is 4.74 Å². The first-order valence-corrected chi connectivity index (χ1v) is 9.37. The molecule has 2 fully saturated rings. The van der Waals surface area contributed by atoms with Gasteiger partial charge in [-0.05, 0) is 53.7 Å². The van der Waals surface area contributed by atoms with Gasteiger partial charge in [0.25, 0.3) is 0 Å². The Bertz CT molecular complexity index is 623. The molecule has 2 heterocycles. The van der Waals surface area contributed by atoms with Gasteiger partial charge < -0.3 is 10.1 Å². The van der Waals surface area contributed by atoms with Gasteiger partial charge in [-0.25, -0.2) is 13.1 Å². The minimum atomic E-state index is -3.51. The van der Waals surface area contributed by atoms with Crippen LogP contribution in [0.25, 0.3) is 0 Å². The van der Waals surface area contributed by atoms with E-state index in [1.165, 1.54) is 7.11 Å². The lowest BCUT2D eigenvalue weighted by atomic mass is 10.0. The summed E-state index contributed by atoms with van der Waals surface area (Å²) in [4.78, 5) is 0.244. The second-order valence-electron chi connectivity index (χ2n) is 5.72. The lowest BCUT2D eigenvalue weighted by molar-refractivity contribution is 0.345. The van der Waals surface area contributed by atoms with Crippen molar-refractivity contribution in [1.29, 1.82) is 0 Å². The number of methoxy groups -OCH3 is 1. The monoisotopic (exact) mass is 374 g/mol. The fourth-order valence-corrected chi connectivity index (χ4v) is 4.93. The average molecular weight is 375 g/mol. The predicted octanol–water partition coefficient (Wildman–Crippen LogP) is 2.02. The summed E-state index contributed by atoms with van der Waals surface area (Å²) >= 11 is 3.33. The fourth-order valence-electron chi connectivity index (χ4n) is 3.25. The van der Waals surface area contributed by atoms with E-state index in [0.717, 1.165) is 30.2 Å². The molecule has 0 aromatic heterocycles. The molecule has 5 nitrogen and oxygen atoms in total. The van der Waals surface area contributed by atoms with Crippen molar-refractivity contribution in [1.82, 2.24) is 10.0 Å². The molecule has 2 aliphatic rings. The number of hydrogen-bond acceptors (Lipinski definition) is 4. The van der Waals surface area contributed by atoms with Crippen LogP contribution in [0.4, 0.5) is 0 Å². The zero-order valence-electron chi connectivity index (χ0n) is 11.8. The molecule has 2 unspecified atom stereocenters. The number of nitrogens with one attached hydrogen (secondary N) is 2. The van der Waals surface area contributed by atoms with E-state index in [9.17, 15) is 8.42 Å². The molecule has 0 radical (unpaired) electrons. The van der Waals surface area contributed by atoms with E-state index in [0.29, 0.717) is 17.8 Å². The first-order chi connectivity index (χ1) is 9.98. The minimum Gasteiger partial charge on any atom is -0.496 e. The van der Waals surface area contributed by atoms with Gasteiger partial charge in [0.2, 0.25) is 10.0 Å². The van der Waals surface area contributed by atoms with Crippen LogP contribution in [0.1, 0.15) is 25.7 Å². The average Bonchev–Trinajstić information content (AvgIpc) is 2.78. The van der Waals surface area contributed by atoms with E-state index in [-0.39, 0.29) is 10.9 Å². The summed E-state index contributed by atoms with van der Waals surface area (Å²) < 4.78 is 33.8. The quantitative estimate of drug-likeness (QED) is 0.845. The van der Waals surface area contributed by atoms with E-state index in [1.807, 2.05) is 0 Å². The molecule has 0 amide bonds. The van der Waals surface area contributed by atoms with Gasteiger partial charge in [-0.15, -0.1) is 0 Å². The lowest BCUT2D eigenvalue weighted by Crippen LogP contribution is -2.47. The van der Waals surface area contributed by atoms with Crippen LogP contribution in [0.5, 0.6) is 5.75 Å². The maximum Gasteiger partial charge on any atom is 0.240 e. The standard InChI is InChI=1S/C14H19BrN2O3S/c1-20-14-8-12(4-5-13(14)15)21(18,19)17-11-6-9-2-3-10(7-11)16-9/h4-5,8-11,16-17H,2-3,6-7H2,1H3. The summed E-state index contributed by atoms with van der Waals surface area (Å²) in [5, 5.41) is 3.51. The van der Waals surface area contributed by atoms with Gasteiger partial charge in [-0.2, -0.15) is 0 Å². The molecule has 0 aliphatic carbocycles. The van der Waals surface area contributed by atoms with Crippen LogP contribution in [0.15, 0.2) is 27.6 Å². The van der Waals surface area contributed by atoms with Crippen molar-refractivity contribution >= 4 is 26.0 Å². The van der Waals surface area contributed by atoms with Gasteiger partial charge in [0.1, 0.15) is 5.75 Å². The van der Waals surface area contributed by atoms with Gasteiger partial charge in [0, 0.05) is 24.2 Å². The molecule has 0 spiro atoms. The van der Waals surface area contributed by atoms with E-state index < -0.39 is 10.0 Å². The molecular formula is C14H19BrN2O3S. The second-order valence-corrected chi connectivity index (χ2v) is 8.29. The van der Waals surface area contributed by atoms with E-state index in [1.54, 1.807) is 18.2 Å². The number of piperidine rings is 1. The minimum absolute atomic E-state index is 0.0170. The first-order valence-electron chi connectivity index (χ1n) is 7.10. The Kier molecular flexibility index (Phi) is 4.27. The molecule has 2 atom stereocenters. The van der Waals surface area contributed by atoms with E-state index >= 15 is 0 Å². The van der Waals surface area contributed by atoms with Gasteiger partial charge in [0.15, 0.2) is 0 Å². The van der Waals surface area contributed by atoms with Gasteiger partial charge >= 0.3 is 0 Å². The Morgan fingerprint density at radius 1 is 1.29 bits per heavy atom. The van der Waals surface area contributed by atoms with Crippen molar-refractivity contribution in [3.8, 4) is 5.75 Å². The van der Waals surface area contributed by atoms with Gasteiger partial charge in [0.05, 0.1) is 16.5 Å². The molecule has 116 valence electrons. The lowest BCUT2D eigenvalue weighted by Gasteiger charge is -2.29. The molecule has 1 aromatic rings. The van der Waals surface area contributed by atoms with Crippen molar-refractivity contribution in [2.75, 3.05) is 7.11 Å². The van der Waals surface area contributed by atoms with Crippen molar-refractivity contribution in [2.24, 2.45) is 0 Å². The Morgan fingerprint density at radius 3 is 2.57 bits per heavy atom. The third-order valence-corrected chi connectivity index (χ3v) is 6.40. The maximum atomic E-state index is 12.5. The molecule has 3 rings (SSSR count). The highest BCUT2D eigenvalue weighted by Crippen LogP contribution is 2.30. The normalized spacial score (nSPS) is 28.6. The summed E-state index contributed by atoms with van der Waals surface area (Å²) in [5.41, 5.74) is 0. The molecular weight excluding hydrogens is 356 g/mol. The second kappa shape index (κ2) is 5.87. The van der Waals surface area contributed by atoms with Crippen LogP contribution in [0.3, 0.4) is 0 Å². The zero-order valence-corrected chi connectivity index (χ0v) is 14.2. The zero-order chi connectivity index (χ0) is 15.0. The van der Waals surface area contributed by atoms with Crippen LogP contribution in [0, 0.1) is 0 Å². The molecule has 2 aliphatic heterocycles. The highest BCUT2D eigenvalue weighted by Gasteiger charge is 2.35. The third-order valence-electron chi connectivity index (χ3n) is 4.23. The molecule has 2 bridgehead atoms. The number of rotatable bonds is 4. The first kappa shape index (κ1) is 15.3. The smallest absolute Gasteiger partial charge is 0.240 e. The van der Waals surface area contributed by atoms with Crippen molar-refractivity contribution < 1.29 is 13.2 Å². The summed E-state index contributed by atoms with van der Waals surface area (Å²) in [7, 11) is -1.98. The molecule has 1 aromatic carbocycles. The number of hydrogen-bond donors (Lipinski definition) is 2. The van der Waals surface area contributed by atoms with Crippen LogP contribution >= 0.6 is 15.9 Å². The van der Waals surface area contributed by atoms with Crippen molar-refractivity contribution in [3.05, 3.63) is 22.7 Å². The number of fused-ring (bicyclic) bond motifs is 2. The number of sulfonamides is 1. The van der Waals surface area contributed by atoms with Crippen LogP contribution < -0.4 is 14.8 Å². The largest absolute Gasteiger partial charge is 0.496 e. The highest BCUT2D eigenvalue weighted by molar-refractivity contribution is 9.10. The maximum absolute atomic E-state index is 12.5. The van der Waals surface area contributed by atoms with Crippen LogP contribution in [-0.2, 0) is 10.0 Å². The van der Waals surface area contributed by atoms with E-state index in [2.05, 4.69) is 26.0 Å². The predicted molar refractivity (Wildman–Crippen MR) is 84.0 cm³/mol. The van der Waals surface area contributed by atoms with Crippen LogP contribution in [0.2, 0.25) is 0 Å². The van der Waals surface area contributed by atoms with Gasteiger partial charge in [-0.3, -0.25) is 0 Å². The molecule has 7 heteroatoms. The Morgan fingerprint density at radius 2 is 1.95 bits per heavy atom. The summed E-state index contributed by atoms with van der Waals surface area (Å²) in [6.07, 6.45) is 4.02. The number of benzene rings is 1. The Hall–Kier alpha value is -0.630. The molecule has 2 saturated heterocycles. The van der Waals surface area contributed by atoms with Crippen LogP contribution in [-0.4, -0.2) is 33.7 Å². The number of ether oxygens (including phenoxy) is 1. The molecule has 21 heavy (non-hydrogen) atoms. The third kappa shape index (κ3) is 3.26. The SMILES string of the molecule is COc1cc(S(=O)(=O)NC2CC3CCC(C2)N3)ccc1Br. The fraction of sp³-hybridized carbons (Fsp3) is 0.571. The highest BCUT2D eigenvalue weighted by atomic mass is 79.9. The molecule has 2 N–H and O–H groups in total. The number of halogens is 1. The summed E-state index contributed by atoms with van der Waals surface area (Å²) in [6.45, 7) is 0. The van der Waals surface area contributed by atoms with Gasteiger partial charge in [-0.1, -0.05) is 0 Å².